The van der Waals surface area contributed by atoms with Gasteiger partial charge in [0, 0.05) is 41.6 Å². The van der Waals surface area contributed by atoms with Gasteiger partial charge in [-0.3, -0.25) is 15.0 Å². The Hall–Kier alpha value is -3.38. The van der Waals surface area contributed by atoms with E-state index in [1.165, 1.54) is 18.2 Å². The predicted molar refractivity (Wildman–Crippen MR) is 110 cm³/mol. The summed E-state index contributed by atoms with van der Waals surface area (Å²) in [6.07, 6.45) is 2.77. The topological polar surface area (TPSA) is 144 Å². The highest BCUT2D eigenvalue weighted by molar-refractivity contribution is 6.30. The van der Waals surface area contributed by atoms with Gasteiger partial charge in [0.15, 0.2) is 5.41 Å². The van der Waals surface area contributed by atoms with Gasteiger partial charge in [0.1, 0.15) is 6.07 Å². The van der Waals surface area contributed by atoms with Crippen LogP contribution in [0.5, 0.6) is 0 Å². The van der Waals surface area contributed by atoms with Crippen LogP contribution in [0.15, 0.2) is 41.1 Å². The third kappa shape index (κ3) is 3.19. The maximum absolute atomic E-state index is 11.8. The number of nitrogens with two attached hydrogens (primary N) is 1. The number of allylic oxidation sites excluding steroid dienone is 2. The Morgan fingerprint density at radius 3 is 2.63 bits per heavy atom. The minimum absolute atomic E-state index is 0.118. The van der Waals surface area contributed by atoms with Gasteiger partial charge in [-0.2, -0.15) is 15.8 Å². The molecule has 1 aliphatic heterocycles. The van der Waals surface area contributed by atoms with Gasteiger partial charge in [-0.15, -0.1) is 0 Å². The molecule has 1 aliphatic carbocycles. The van der Waals surface area contributed by atoms with Crippen molar-refractivity contribution in [2.45, 2.75) is 19.3 Å². The number of nitrogens with zero attached hydrogens (tertiary/aromatic N) is 5. The first kappa shape index (κ1) is 21.3. The number of hydrogen-bond donors (Lipinski definition) is 1. The van der Waals surface area contributed by atoms with Crippen molar-refractivity contribution in [2.24, 2.45) is 17.1 Å². The van der Waals surface area contributed by atoms with Gasteiger partial charge in [-0.1, -0.05) is 30.7 Å². The molecule has 0 amide bonds. The predicted octanol–water partition coefficient (Wildman–Crippen LogP) is 3.38. The van der Waals surface area contributed by atoms with E-state index >= 15 is 0 Å². The maximum atomic E-state index is 11.8. The van der Waals surface area contributed by atoms with Gasteiger partial charge in [-0.25, -0.2) is 0 Å². The van der Waals surface area contributed by atoms with Crippen molar-refractivity contribution >= 4 is 17.3 Å². The van der Waals surface area contributed by atoms with Crippen LogP contribution in [0.2, 0.25) is 5.02 Å². The molecule has 0 fully saturated rings. The fraction of sp³-hybridized carbons (Fsp3) is 0.381. The minimum Gasteiger partial charge on any atom is -0.399 e. The first-order valence-electron chi connectivity index (χ1n) is 9.44. The average Bonchev–Trinajstić information content (AvgIpc) is 2.73. The van der Waals surface area contributed by atoms with E-state index in [4.69, 9.17) is 17.3 Å². The first-order valence-corrected chi connectivity index (χ1v) is 9.81. The van der Waals surface area contributed by atoms with Crippen molar-refractivity contribution in [1.29, 1.82) is 15.8 Å². The molecule has 0 radical (unpaired) electrons. The highest BCUT2D eigenvalue weighted by atomic mass is 35.5. The molecule has 0 saturated heterocycles. The van der Waals surface area contributed by atoms with Crippen LogP contribution in [-0.2, 0) is 0 Å². The zero-order chi connectivity index (χ0) is 22.1. The summed E-state index contributed by atoms with van der Waals surface area (Å²) in [7, 11) is 0. The molecule has 0 saturated carbocycles. The van der Waals surface area contributed by atoms with Crippen LogP contribution in [0.3, 0.4) is 0 Å². The minimum atomic E-state index is -1.92. The zero-order valence-corrected chi connectivity index (χ0v) is 17.1. The number of halogens is 1. The Morgan fingerprint density at radius 2 is 2.07 bits per heavy atom. The summed E-state index contributed by atoms with van der Waals surface area (Å²) >= 11 is 5.98. The second-order valence-electron chi connectivity index (χ2n) is 7.40. The summed E-state index contributed by atoms with van der Waals surface area (Å²) in [4.78, 5) is 13.4. The fourth-order valence-electron chi connectivity index (χ4n) is 4.52. The molecule has 2 unspecified atom stereocenters. The van der Waals surface area contributed by atoms with Crippen molar-refractivity contribution in [3.63, 3.8) is 0 Å². The van der Waals surface area contributed by atoms with E-state index in [2.05, 4.69) is 11.0 Å². The summed E-state index contributed by atoms with van der Waals surface area (Å²) in [5, 5.41) is 41.9. The van der Waals surface area contributed by atoms with Gasteiger partial charge < -0.3 is 5.73 Å². The second-order valence-corrected chi connectivity index (χ2v) is 7.83. The molecule has 0 aromatic heterocycles. The molecule has 152 valence electrons. The molecule has 2 N–H and O–H groups in total. The molecule has 9 heteroatoms. The normalized spacial score (nSPS) is 22.8. The smallest absolute Gasteiger partial charge is 0.274 e. The van der Waals surface area contributed by atoms with Crippen molar-refractivity contribution in [1.82, 2.24) is 4.90 Å². The highest BCUT2D eigenvalue weighted by Gasteiger charge is 2.55. The van der Waals surface area contributed by atoms with Crippen LogP contribution in [0, 0.1) is 55.4 Å². The second kappa shape index (κ2) is 8.16. The van der Waals surface area contributed by atoms with E-state index in [0.29, 0.717) is 18.7 Å². The van der Waals surface area contributed by atoms with Crippen LogP contribution in [0.1, 0.15) is 24.8 Å². The molecule has 1 aromatic carbocycles. The monoisotopic (exact) mass is 422 g/mol. The first-order chi connectivity index (χ1) is 14.3. The van der Waals surface area contributed by atoms with Crippen LogP contribution in [0.25, 0.3) is 0 Å². The molecule has 2 atom stereocenters. The number of rotatable bonds is 4. The standard InChI is InChI=1S/C21H19ClN6O2/c1-2-6-27-7-5-14-16(9-23)20(26)21(11-24,12-25)19(17(14)10-27)15-4-3-13(22)8-18(15)28(29)30/h3-5,8,17,19H,2,6-7,10,26H2,1H3. The van der Waals surface area contributed by atoms with Crippen molar-refractivity contribution in [3.05, 3.63) is 61.8 Å². The lowest BCUT2D eigenvalue weighted by Gasteiger charge is -2.45. The van der Waals surface area contributed by atoms with Crippen molar-refractivity contribution < 1.29 is 4.92 Å². The molecule has 30 heavy (non-hydrogen) atoms. The van der Waals surface area contributed by atoms with Crippen LogP contribution in [-0.4, -0.2) is 29.5 Å². The third-order valence-electron chi connectivity index (χ3n) is 5.80. The highest BCUT2D eigenvalue weighted by Crippen LogP contribution is 2.55. The van der Waals surface area contributed by atoms with Gasteiger partial charge in [0.25, 0.3) is 5.69 Å². The van der Waals surface area contributed by atoms with E-state index in [1.807, 2.05) is 25.1 Å². The van der Waals surface area contributed by atoms with Crippen molar-refractivity contribution in [3.8, 4) is 18.2 Å². The Bertz CT molecular complexity index is 1070. The Morgan fingerprint density at radius 1 is 1.37 bits per heavy atom. The number of hydrogen-bond acceptors (Lipinski definition) is 7. The van der Waals surface area contributed by atoms with E-state index in [1.54, 1.807) is 0 Å². The summed E-state index contributed by atoms with van der Waals surface area (Å²) in [6.45, 7) is 3.87. The molecule has 0 spiro atoms. The van der Waals surface area contributed by atoms with Gasteiger partial charge in [0.05, 0.1) is 28.3 Å². The molecule has 8 nitrogen and oxygen atoms in total. The van der Waals surface area contributed by atoms with Crippen LogP contribution < -0.4 is 5.73 Å². The van der Waals surface area contributed by atoms with Gasteiger partial charge in [-0.05, 0) is 24.6 Å². The SMILES string of the molecule is CCCN1CC=C2C(C#N)=C(N)C(C#N)(C#N)C(c3ccc(Cl)cc3[N+](=O)[O-])C2C1. The summed E-state index contributed by atoms with van der Waals surface area (Å²) in [6, 6.07) is 10.2. The van der Waals surface area contributed by atoms with Crippen LogP contribution in [0.4, 0.5) is 5.69 Å². The summed E-state index contributed by atoms with van der Waals surface area (Å²) in [5.41, 5.74) is 4.85. The molecular formula is C21H19ClN6O2. The summed E-state index contributed by atoms with van der Waals surface area (Å²) < 4.78 is 0. The Labute approximate surface area is 179 Å². The lowest BCUT2D eigenvalue weighted by molar-refractivity contribution is -0.385. The molecule has 1 aromatic rings. The Balaban J connectivity index is 2.36. The number of nitro groups is 1. The lowest BCUT2D eigenvalue weighted by atomic mass is 9.58. The van der Waals surface area contributed by atoms with Gasteiger partial charge >= 0.3 is 0 Å². The number of nitriles is 3. The van der Waals surface area contributed by atoms with Gasteiger partial charge in [0.2, 0.25) is 0 Å². The molecule has 1 heterocycles. The van der Waals surface area contributed by atoms with E-state index in [0.717, 1.165) is 13.0 Å². The summed E-state index contributed by atoms with van der Waals surface area (Å²) in [5.74, 6) is -1.40. The Kier molecular flexibility index (Phi) is 5.80. The number of fused-ring (bicyclic) bond motifs is 1. The zero-order valence-electron chi connectivity index (χ0n) is 16.3. The van der Waals surface area contributed by atoms with E-state index < -0.39 is 22.2 Å². The lowest BCUT2D eigenvalue weighted by Crippen LogP contribution is -2.48. The largest absolute Gasteiger partial charge is 0.399 e. The quantitative estimate of drug-likeness (QED) is 0.578. The molecule has 2 aliphatic rings. The molecule has 3 rings (SSSR count). The number of nitro benzene ring substituents is 1. The molecule has 0 bridgehead atoms. The van der Waals surface area contributed by atoms with E-state index in [9.17, 15) is 25.9 Å². The molecular weight excluding hydrogens is 404 g/mol. The maximum Gasteiger partial charge on any atom is 0.274 e. The number of benzene rings is 1. The van der Waals surface area contributed by atoms with E-state index in [-0.39, 0.29) is 27.5 Å². The van der Waals surface area contributed by atoms with Crippen molar-refractivity contribution in [2.75, 3.05) is 19.6 Å². The fourth-order valence-corrected chi connectivity index (χ4v) is 4.69. The average molecular weight is 423 g/mol. The van der Waals surface area contributed by atoms with Crippen LogP contribution >= 0.6 is 11.6 Å². The third-order valence-corrected chi connectivity index (χ3v) is 6.04.